The second kappa shape index (κ2) is 7.74. The van der Waals surface area contributed by atoms with Crippen LogP contribution in [0.5, 0.6) is 0 Å². The molecule has 158 valence electrons. The monoisotopic (exact) mass is 400 g/mol. The highest BCUT2D eigenvalue weighted by Crippen LogP contribution is 2.42. The van der Waals surface area contributed by atoms with E-state index in [0.29, 0.717) is 18.3 Å². The van der Waals surface area contributed by atoms with Crippen LogP contribution in [0.25, 0.3) is 0 Å². The van der Waals surface area contributed by atoms with E-state index in [-0.39, 0.29) is 23.8 Å². The average Bonchev–Trinajstić information content (AvgIpc) is 3.18. The Bertz CT molecular complexity index is 772. The minimum atomic E-state index is -0.459. The molecule has 0 radical (unpaired) electrons. The number of carbonyl (C=O) groups excluding carboxylic acids is 2. The molecule has 29 heavy (non-hydrogen) atoms. The van der Waals surface area contributed by atoms with Gasteiger partial charge in [-0.1, -0.05) is 24.4 Å². The third-order valence-electron chi connectivity index (χ3n) is 7.69. The molecule has 4 fully saturated rings. The molecule has 0 spiro atoms. The minimum absolute atomic E-state index is 0.112. The maximum atomic E-state index is 12.6. The lowest BCUT2D eigenvalue weighted by atomic mass is 9.72. The van der Waals surface area contributed by atoms with E-state index in [9.17, 15) is 9.59 Å². The number of primary amides is 1. The number of nitrogens with zero attached hydrogens (tertiary/aromatic N) is 3. The number of likely N-dealkylation sites (tertiary alicyclic amines) is 1. The van der Waals surface area contributed by atoms with Crippen molar-refractivity contribution in [1.82, 2.24) is 15.0 Å². The van der Waals surface area contributed by atoms with Crippen LogP contribution in [-0.2, 0) is 16.1 Å². The number of nitrogens with two attached hydrogens (primary N) is 1. The molecule has 2 bridgehead atoms. The number of aromatic nitrogens is 1. The molecule has 3 saturated heterocycles. The average molecular weight is 401 g/mol. The number of piperidine rings is 3. The maximum Gasteiger partial charge on any atom is 0.240 e. The number of hydrogen-bond acceptors (Lipinski definition) is 5. The molecule has 0 unspecified atom stereocenters. The summed E-state index contributed by atoms with van der Waals surface area (Å²) < 4.78 is 5.69. The van der Waals surface area contributed by atoms with Crippen LogP contribution in [0.1, 0.15) is 75.2 Å². The SMILES string of the molecule is NC(=O)[C@H]1[C@@H]2C[C@@H](CN(Cc3cc(C4CCCCC4)no3)C2)[C@@H]2CCCC(=O)N21. The van der Waals surface area contributed by atoms with Gasteiger partial charge in [-0.2, -0.15) is 0 Å². The lowest BCUT2D eigenvalue weighted by Crippen LogP contribution is -2.67. The second-order valence-corrected chi connectivity index (χ2v) is 9.61. The second-order valence-electron chi connectivity index (χ2n) is 9.61. The van der Waals surface area contributed by atoms with E-state index >= 15 is 0 Å². The van der Waals surface area contributed by atoms with Crippen molar-refractivity contribution in [3.8, 4) is 0 Å². The van der Waals surface area contributed by atoms with Gasteiger partial charge in [0, 0.05) is 43.5 Å². The van der Waals surface area contributed by atoms with Crippen LogP contribution in [0, 0.1) is 11.8 Å². The first-order valence-electron chi connectivity index (χ1n) is 11.4. The Labute approximate surface area is 171 Å². The number of amides is 2. The van der Waals surface area contributed by atoms with Crippen LogP contribution < -0.4 is 5.73 Å². The summed E-state index contributed by atoms with van der Waals surface area (Å²) in [5, 5.41) is 4.37. The van der Waals surface area contributed by atoms with Crippen molar-refractivity contribution >= 4 is 11.8 Å². The summed E-state index contributed by atoms with van der Waals surface area (Å²) in [6.45, 7) is 2.44. The van der Waals surface area contributed by atoms with Crippen LogP contribution in [0.2, 0.25) is 0 Å². The Morgan fingerprint density at radius 3 is 2.72 bits per heavy atom. The molecule has 2 amide bonds. The Morgan fingerprint density at radius 2 is 1.93 bits per heavy atom. The highest BCUT2D eigenvalue weighted by Gasteiger charge is 2.51. The van der Waals surface area contributed by atoms with Crippen molar-refractivity contribution in [3.05, 3.63) is 17.5 Å². The molecule has 4 aliphatic rings. The topological polar surface area (TPSA) is 92.7 Å². The van der Waals surface area contributed by atoms with Crippen molar-refractivity contribution in [3.63, 3.8) is 0 Å². The zero-order chi connectivity index (χ0) is 20.0. The van der Waals surface area contributed by atoms with Crippen LogP contribution in [-0.4, -0.2) is 51.9 Å². The first kappa shape index (κ1) is 19.1. The summed E-state index contributed by atoms with van der Waals surface area (Å²) in [6, 6.07) is 1.84. The van der Waals surface area contributed by atoms with E-state index in [1.807, 2.05) is 4.90 Å². The lowest BCUT2D eigenvalue weighted by Gasteiger charge is -2.55. The van der Waals surface area contributed by atoms with Crippen LogP contribution in [0.3, 0.4) is 0 Å². The van der Waals surface area contributed by atoms with E-state index < -0.39 is 6.04 Å². The van der Waals surface area contributed by atoms with Crippen molar-refractivity contribution in [2.75, 3.05) is 13.1 Å². The summed E-state index contributed by atoms with van der Waals surface area (Å²) in [7, 11) is 0. The highest BCUT2D eigenvalue weighted by atomic mass is 16.5. The Hall–Kier alpha value is -1.89. The summed E-state index contributed by atoms with van der Waals surface area (Å²) in [4.78, 5) is 29.1. The molecule has 0 aromatic carbocycles. The predicted molar refractivity (Wildman–Crippen MR) is 107 cm³/mol. The first-order valence-corrected chi connectivity index (χ1v) is 11.4. The number of rotatable bonds is 4. The van der Waals surface area contributed by atoms with Crippen LogP contribution >= 0.6 is 0 Å². The van der Waals surface area contributed by atoms with Gasteiger partial charge in [-0.3, -0.25) is 14.5 Å². The Balaban J connectivity index is 1.30. The van der Waals surface area contributed by atoms with Crippen molar-refractivity contribution in [2.24, 2.45) is 17.6 Å². The lowest BCUT2D eigenvalue weighted by molar-refractivity contribution is -0.159. The van der Waals surface area contributed by atoms with Gasteiger partial charge in [0.2, 0.25) is 11.8 Å². The zero-order valence-corrected chi connectivity index (χ0v) is 17.1. The highest BCUT2D eigenvalue weighted by molar-refractivity contribution is 5.88. The van der Waals surface area contributed by atoms with E-state index in [0.717, 1.165) is 50.4 Å². The molecule has 5 rings (SSSR count). The molecule has 7 heteroatoms. The molecule has 3 aliphatic heterocycles. The largest absolute Gasteiger partial charge is 0.368 e. The molecule has 1 aromatic rings. The normalized spacial score (nSPS) is 33.5. The van der Waals surface area contributed by atoms with Crippen molar-refractivity contribution in [2.45, 2.75) is 82.3 Å². The third kappa shape index (κ3) is 3.58. The Kier molecular flexibility index (Phi) is 5.10. The quantitative estimate of drug-likeness (QED) is 0.838. The fraction of sp³-hybridized carbons (Fsp3) is 0.773. The predicted octanol–water partition coefficient (Wildman–Crippen LogP) is 2.41. The molecule has 2 N–H and O–H groups in total. The molecule has 4 heterocycles. The molecule has 1 saturated carbocycles. The van der Waals surface area contributed by atoms with Gasteiger partial charge in [0.25, 0.3) is 0 Å². The van der Waals surface area contributed by atoms with Crippen LogP contribution in [0.4, 0.5) is 0 Å². The third-order valence-corrected chi connectivity index (χ3v) is 7.69. The number of hydrogen-bond donors (Lipinski definition) is 1. The molecule has 7 nitrogen and oxygen atoms in total. The van der Waals surface area contributed by atoms with Gasteiger partial charge >= 0.3 is 0 Å². The van der Waals surface area contributed by atoms with E-state index in [2.05, 4.69) is 16.1 Å². The van der Waals surface area contributed by atoms with E-state index in [1.54, 1.807) is 0 Å². The smallest absolute Gasteiger partial charge is 0.240 e. The van der Waals surface area contributed by atoms with Gasteiger partial charge in [-0.05, 0) is 38.0 Å². The van der Waals surface area contributed by atoms with Gasteiger partial charge in [-0.15, -0.1) is 0 Å². The maximum absolute atomic E-state index is 12.6. The van der Waals surface area contributed by atoms with E-state index in [4.69, 9.17) is 10.3 Å². The summed E-state index contributed by atoms with van der Waals surface area (Å²) in [5.41, 5.74) is 6.88. The summed E-state index contributed by atoms with van der Waals surface area (Å²) in [6.07, 6.45) is 9.76. The van der Waals surface area contributed by atoms with Crippen LogP contribution in [0.15, 0.2) is 10.6 Å². The molecular weight excluding hydrogens is 368 g/mol. The number of fused-ring (bicyclic) bond motifs is 4. The van der Waals surface area contributed by atoms with Gasteiger partial charge in [0.15, 0.2) is 5.76 Å². The molecule has 1 aromatic heterocycles. The molecule has 4 atom stereocenters. The van der Waals surface area contributed by atoms with Gasteiger partial charge in [0.1, 0.15) is 6.04 Å². The number of carbonyl (C=O) groups is 2. The fourth-order valence-electron chi connectivity index (χ4n) is 6.46. The van der Waals surface area contributed by atoms with E-state index in [1.165, 1.54) is 32.1 Å². The standard InChI is InChI=1S/C22H32N4O3/c23-22(28)21-16-9-15(19-7-4-8-20(27)26(19)21)11-25(12-16)13-17-10-18(24-29-17)14-5-2-1-3-6-14/h10,14-16,19,21H,1-9,11-13H2,(H2,23,28)/t15-,16+,19-,21+/m0/s1. The molecule has 1 aliphatic carbocycles. The summed E-state index contributed by atoms with van der Waals surface area (Å²) in [5.74, 6) is 1.75. The van der Waals surface area contributed by atoms with Gasteiger partial charge < -0.3 is 15.2 Å². The summed E-state index contributed by atoms with van der Waals surface area (Å²) >= 11 is 0. The zero-order valence-electron chi connectivity index (χ0n) is 17.1. The van der Waals surface area contributed by atoms with Crippen molar-refractivity contribution < 1.29 is 14.1 Å². The minimum Gasteiger partial charge on any atom is -0.368 e. The Morgan fingerprint density at radius 1 is 1.14 bits per heavy atom. The fourth-order valence-corrected chi connectivity index (χ4v) is 6.46. The molecular formula is C22H32N4O3. The van der Waals surface area contributed by atoms with Gasteiger partial charge in [0.05, 0.1) is 12.2 Å². The van der Waals surface area contributed by atoms with Crippen molar-refractivity contribution in [1.29, 1.82) is 0 Å². The first-order chi connectivity index (χ1) is 14.1. The van der Waals surface area contributed by atoms with Gasteiger partial charge in [-0.25, -0.2) is 0 Å².